The molecule has 1 aromatic carbocycles. The van der Waals surface area contributed by atoms with Crippen LogP contribution >= 0.6 is 0 Å². The minimum atomic E-state index is 0.520. The Morgan fingerprint density at radius 2 is 2.00 bits per heavy atom. The highest BCUT2D eigenvalue weighted by Gasteiger charge is 2.02. The van der Waals surface area contributed by atoms with E-state index in [1.54, 1.807) is 20.3 Å². The van der Waals surface area contributed by atoms with Crippen molar-refractivity contribution in [1.82, 2.24) is 9.97 Å². The van der Waals surface area contributed by atoms with E-state index >= 15 is 0 Å². The summed E-state index contributed by atoms with van der Waals surface area (Å²) in [6, 6.07) is 7.38. The summed E-state index contributed by atoms with van der Waals surface area (Å²) in [5.41, 5.74) is 7.50. The third-order valence-electron chi connectivity index (χ3n) is 2.62. The fourth-order valence-corrected chi connectivity index (χ4v) is 1.63. The summed E-state index contributed by atoms with van der Waals surface area (Å²) in [6.07, 6.45) is 1.45. The van der Waals surface area contributed by atoms with Crippen LogP contribution in [0.15, 0.2) is 30.6 Å². The van der Waals surface area contributed by atoms with Gasteiger partial charge in [0.25, 0.3) is 0 Å². The van der Waals surface area contributed by atoms with Crippen molar-refractivity contribution in [3.8, 4) is 11.6 Å². The van der Waals surface area contributed by atoms with E-state index in [2.05, 4.69) is 15.3 Å². The lowest BCUT2D eigenvalue weighted by molar-refractivity contribution is 0.397. The third-order valence-corrected chi connectivity index (χ3v) is 2.62. The maximum atomic E-state index is 5.85. The molecule has 0 fully saturated rings. The molecule has 6 heteroatoms. The molecule has 2 aromatic rings. The fourth-order valence-electron chi connectivity index (χ4n) is 1.63. The molecule has 1 heterocycles. The first-order chi connectivity index (χ1) is 9.22. The minimum absolute atomic E-state index is 0.520. The Balaban J connectivity index is 2.03. The number of benzene rings is 1. The van der Waals surface area contributed by atoms with Crippen molar-refractivity contribution < 1.29 is 9.47 Å². The Labute approximate surface area is 111 Å². The lowest BCUT2D eigenvalue weighted by atomic mass is 10.2. The predicted molar refractivity (Wildman–Crippen MR) is 73.3 cm³/mol. The van der Waals surface area contributed by atoms with E-state index in [1.165, 1.54) is 6.33 Å². The van der Waals surface area contributed by atoms with E-state index in [4.69, 9.17) is 15.2 Å². The average Bonchev–Trinajstić information content (AvgIpc) is 2.45. The predicted octanol–water partition coefficient (Wildman–Crippen LogP) is 1.69. The van der Waals surface area contributed by atoms with Crippen molar-refractivity contribution in [3.63, 3.8) is 0 Å². The van der Waals surface area contributed by atoms with Crippen LogP contribution in [0.5, 0.6) is 11.6 Å². The summed E-state index contributed by atoms with van der Waals surface area (Å²) in [5, 5.41) is 3.17. The van der Waals surface area contributed by atoms with Gasteiger partial charge in [-0.15, -0.1) is 0 Å². The van der Waals surface area contributed by atoms with Crippen LogP contribution in [0.1, 0.15) is 5.56 Å². The highest BCUT2D eigenvalue weighted by Crippen LogP contribution is 2.22. The summed E-state index contributed by atoms with van der Waals surface area (Å²) in [6.45, 7) is 0.606. The molecule has 19 heavy (non-hydrogen) atoms. The van der Waals surface area contributed by atoms with Gasteiger partial charge in [-0.3, -0.25) is 0 Å². The molecule has 0 aliphatic carbocycles. The smallest absolute Gasteiger partial charge is 0.218 e. The van der Waals surface area contributed by atoms with Gasteiger partial charge in [0.05, 0.1) is 19.9 Å². The molecule has 6 nitrogen and oxygen atoms in total. The second-order valence-corrected chi connectivity index (χ2v) is 3.88. The lowest BCUT2D eigenvalue weighted by Gasteiger charge is -2.09. The lowest BCUT2D eigenvalue weighted by Crippen LogP contribution is -2.03. The second kappa shape index (κ2) is 5.90. The molecule has 0 aliphatic heterocycles. The summed E-state index contributed by atoms with van der Waals surface area (Å²) in [5.74, 6) is 1.89. The number of aromatic nitrogens is 2. The van der Waals surface area contributed by atoms with Crippen LogP contribution in [0.3, 0.4) is 0 Å². The molecule has 0 aliphatic rings. The number of rotatable bonds is 5. The Hall–Kier alpha value is -2.50. The number of nitrogen functional groups attached to an aromatic ring is 1. The third kappa shape index (κ3) is 3.25. The summed E-state index contributed by atoms with van der Waals surface area (Å²) >= 11 is 0. The molecule has 0 atom stereocenters. The van der Waals surface area contributed by atoms with Crippen LogP contribution in [0.25, 0.3) is 0 Å². The number of nitrogens with one attached hydrogen (secondary N) is 1. The van der Waals surface area contributed by atoms with E-state index in [9.17, 15) is 0 Å². The van der Waals surface area contributed by atoms with Crippen molar-refractivity contribution in [3.05, 3.63) is 36.2 Å². The van der Waals surface area contributed by atoms with Gasteiger partial charge in [-0.25, -0.2) is 9.97 Å². The van der Waals surface area contributed by atoms with Gasteiger partial charge in [0.15, 0.2) is 0 Å². The number of nitrogens with zero attached hydrogens (tertiary/aromatic N) is 2. The van der Waals surface area contributed by atoms with Crippen molar-refractivity contribution in [2.24, 2.45) is 0 Å². The largest absolute Gasteiger partial charge is 0.495 e. The van der Waals surface area contributed by atoms with Gasteiger partial charge in [-0.1, -0.05) is 6.07 Å². The van der Waals surface area contributed by atoms with Crippen LogP contribution in [0.2, 0.25) is 0 Å². The molecule has 2 rings (SSSR count). The van der Waals surface area contributed by atoms with E-state index in [0.29, 0.717) is 29.7 Å². The second-order valence-electron chi connectivity index (χ2n) is 3.88. The molecular weight excluding hydrogens is 244 g/mol. The van der Waals surface area contributed by atoms with Gasteiger partial charge in [0.2, 0.25) is 5.88 Å². The zero-order valence-electron chi connectivity index (χ0n) is 10.9. The summed E-state index contributed by atoms with van der Waals surface area (Å²) in [7, 11) is 3.16. The van der Waals surface area contributed by atoms with Crippen LogP contribution in [-0.2, 0) is 6.54 Å². The highest BCUT2D eigenvalue weighted by atomic mass is 16.5. The van der Waals surface area contributed by atoms with Gasteiger partial charge >= 0.3 is 0 Å². The number of nitrogens with two attached hydrogens (primary N) is 1. The van der Waals surface area contributed by atoms with Gasteiger partial charge < -0.3 is 20.5 Å². The number of anilines is 2. The maximum absolute atomic E-state index is 5.85. The zero-order chi connectivity index (χ0) is 13.7. The van der Waals surface area contributed by atoms with Crippen molar-refractivity contribution in [2.75, 3.05) is 25.3 Å². The standard InChI is InChI=1S/C13H16N4O2/c1-18-11-4-3-9(5-10(11)14)7-15-12-6-13(19-2)17-8-16-12/h3-6,8H,7,14H2,1-2H3,(H,15,16,17). The van der Waals surface area contributed by atoms with E-state index in [-0.39, 0.29) is 0 Å². The number of hydrogen-bond acceptors (Lipinski definition) is 6. The van der Waals surface area contributed by atoms with Gasteiger partial charge in [0, 0.05) is 12.6 Å². The van der Waals surface area contributed by atoms with Crippen LogP contribution in [0, 0.1) is 0 Å². The highest BCUT2D eigenvalue weighted by molar-refractivity contribution is 5.54. The fraction of sp³-hybridized carbons (Fsp3) is 0.231. The van der Waals surface area contributed by atoms with Crippen molar-refractivity contribution in [1.29, 1.82) is 0 Å². The zero-order valence-corrected chi connectivity index (χ0v) is 10.9. The molecule has 0 saturated carbocycles. The Kier molecular flexibility index (Phi) is 4.02. The molecule has 1 aromatic heterocycles. The van der Waals surface area contributed by atoms with E-state index in [1.807, 2.05) is 18.2 Å². The first-order valence-corrected chi connectivity index (χ1v) is 5.75. The number of ether oxygens (including phenoxy) is 2. The van der Waals surface area contributed by atoms with Gasteiger partial charge in [-0.05, 0) is 17.7 Å². The minimum Gasteiger partial charge on any atom is -0.495 e. The topological polar surface area (TPSA) is 82.3 Å². The molecule has 0 unspecified atom stereocenters. The summed E-state index contributed by atoms with van der Waals surface area (Å²) in [4.78, 5) is 8.04. The first kappa shape index (κ1) is 12.9. The van der Waals surface area contributed by atoms with Crippen molar-refractivity contribution in [2.45, 2.75) is 6.54 Å². The molecule has 0 bridgehead atoms. The molecule has 0 amide bonds. The van der Waals surface area contributed by atoms with E-state index in [0.717, 1.165) is 5.56 Å². The Bertz CT molecular complexity index is 560. The molecule has 3 N–H and O–H groups in total. The van der Waals surface area contributed by atoms with Crippen LogP contribution in [0.4, 0.5) is 11.5 Å². The van der Waals surface area contributed by atoms with Gasteiger partial charge in [-0.2, -0.15) is 0 Å². The number of methoxy groups -OCH3 is 2. The SMILES string of the molecule is COc1cc(NCc2ccc(OC)c(N)c2)ncn1. The van der Waals surface area contributed by atoms with Crippen LogP contribution in [-0.4, -0.2) is 24.2 Å². The number of hydrogen-bond donors (Lipinski definition) is 2. The molecule has 0 saturated heterocycles. The molecular formula is C13H16N4O2. The summed E-state index contributed by atoms with van der Waals surface area (Å²) < 4.78 is 10.1. The molecule has 100 valence electrons. The van der Waals surface area contributed by atoms with Crippen molar-refractivity contribution >= 4 is 11.5 Å². The first-order valence-electron chi connectivity index (χ1n) is 5.75. The van der Waals surface area contributed by atoms with Crippen LogP contribution < -0.4 is 20.5 Å². The van der Waals surface area contributed by atoms with Gasteiger partial charge in [0.1, 0.15) is 17.9 Å². The average molecular weight is 260 g/mol. The van der Waals surface area contributed by atoms with E-state index < -0.39 is 0 Å². The normalized spacial score (nSPS) is 10.0. The monoisotopic (exact) mass is 260 g/mol. The Morgan fingerprint density at radius 1 is 1.16 bits per heavy atom. The molecule has 0 radical (unpaired) electrons. The molecule has 0 spiro atoms. The Morgan fingerprint density at radius 3 is 2.68 bits per heavy atom. The maximum Gasteiger partial charge on any atom is 0.218 e. The quantitative estimate of drug-likeness (QED) is 0.796.